The number of piperidine rings is 1. The fourth-order valence-corrected chi connectivity index (χ4v) is 2.74. The average molecular weight is 313 g/mol. The van der Waals surface area contributed by atoms with Crippen LogP contribution in [0.15, 0.2) is 18.2 Å². The van der Waals surface area contributed by atoms with Crippen LogP contribution in [0.1, 0.15) is 23.2 Å². The van der Waals surface area contributed by atoms with E-state index in [0.717, 1.165) is 0 Å². The van der Waals surface area contributed by atoms with Crippen molar-refractivity contribution in [2.45, 2.75) is 18.9 Å². The number of primary amides is 1. The normalized spacial score (nSPS) is 16.0. The minimum Gasteiger partial charge on any atom is -0.480 e. The van der Waals surface area contributed by atoms with Crippen molar-refractivity contribution in [1.82, 2.24) is 0 Å². The number of aliphatic carboxylic acids is 1. The fourth-order valence-electron chi connectivity index (χ4n) is 2.47. The molecule has 1 heterocycles. The van der Waals surface area contributed by atoms with Crippen molar-refractivity contribution >= 4 is 29.2 Å². The Hall–Kier alpha value is -1.79. The number of anilines is 1. The lowest BCUT2D eigenvalue weighted by Crippen LogP contribution is -2.38. The lowest BCUT2D eigenvalue weighted by molar-refractivity contribution is -0.144. The molecule has 0 saturated carbocycles. The van der Waals surface area contributed by atoms with E-state index in [1.54, 1.807) is 12.1 Å². The number of carbonyl (C=O) groups excluding carboxylic acids is 1. The number of halogens is 1. The minimum absolute atomic E-state index is 0.0754. The van der Waals surface area contributed by atoms with Gasteiger partial charge in [0.1, 0.15) is 6.61 Å². The van der Waals surface area contributed by atoms with Gasteiger partial charge in [0.05, 0.1) is 22.4 Å². The van der Waals surface area contributed by atoms with Crippen molar-refractivity contribution in [3.63, 3.8) is 0 Å². The van der Waals surface area contributed by atoms with Crippen LogP contribution in [0.4, 0.5) is 5.69 Å². The Bertz CT molecular complexity index is 542. The van der Waals surface area contributed by atoms with Crippen LogP contribution in [0.5, 0.6) is 0 Å². The van der Waals surface area contributed by atoms with Gasteiger partial charge in [-0.05, 0) is 25.0 Å². The zero-order valence-corrected chi connectivity index (χ0v) is 12.2. The maximum absolute atomic E-state index is 11.5. The molecule has 21 heavy (non-hydrogen) atoms. The van der Waals surface area contributed by atoms with Crippen molar-refractivity contribution in [3.05, 3.63) is 28.8 Å². The van der Waals surface area contributed by atoms with Crippen LogP contribution in [-0.4, -0.2) is 42.8 Å². The largest absolute Gasteiger partial charge is 0.480 e. The van der Waals surface area contributed by atoms with E-state index < -0.39 is 11.9 Å². The molecule has 0 aromatic heterocycles. The molecule has 0 radical (unpaired) electrons. The van der Waals surface area contributed by atoms with Crippen molar-refractivity contribution in [2.75, 3.05) is 24.6 Å². The summed E-state index contributed by atoms with van der Waals surface area (Å²) in [5.41, 5.74) is 6.43. The molecule has 0 spiro atoms. The van der Waals surface area contributed by atoms with Crippen LogP contribution < -0.4 is 10.6 Å². The van der Waals surface area contributed by atoms with Gasteiger partial charge >= 0.3 is 5.97 Å². The summed E-state index contributed by atoms with van der Waals surface area (Å²) in [5.74, 6) is -1.52. The van der Waals surface area contributed by atoms with Crippen molar-refractivity contribution in [3.8, 4) is 0 Å². The maximum Gasteiger partial charge on any atom is 0.329 e. The summed E-state index contributed by atoms with van der Waals surface area (Å²) in [6.45, 7) is 1.03. The number of amides is 1. The van der Waals surface area contributed by atoms with Gasteiger partial charge < -0.3 is 20.5 Å². The second kappa shape index (κ2) is 6.78. The highest BCUT2D eigenvalue weighted by molar-refractivity contribution is 6.34. The minimum atomic E-state index is -0.969. The molecular formula is C14H17ClN2O4. The first-order valence-corrected chi connectivity index (χ1v) is 7.03. The first-order valence-electron chi connectivity index (χ1n) is 6.65. The third-order valence-corrected chi connectivity index (χ3v) is 3.78. The van der Waals surface area contributed by atoms with Crippen molar-refractivity contribution in [1.29, 1.82) is 0 Å². The van der Waals surface area contributed by atoms with Crippen LogP contribution in [-0.2, 0) is 9.53 Å². The first-order chi connectivity index (χ1) is 9.99. The second-order valence-electron chi connectivity index (χ2n) is 4.89. The standard InChI is InChI=1S/C14H17ClN2O4/c15-10-2-1-3-11(13(10)14(16)20)17-6-4-9(5-7-17)21-8-12(18)19/h1-3,9H,4-8H2,(H2,16,20)(H,18,19). The third-order valence-electron chi connectivity index (χ3n) is 3.46. The third kappa shape index (κ3) is 3.86. The van der Waals surface area contributed by atoms with Gasteiger partial charge in [-0.2, -0.15) is 0 Å². The summed E-state index contributed by atoms with van der Waals surface area (Å²) >= 11 is 6.04. The molecule has 1 aliphatic heterocycles. The van der Waals surface area contributed by atoms with E-state index in [2.05, 4.69) is 0 Å². The Balaban J connectivity index is 2.04. The van der Waals surface area contributed by atoms with Crippen LogP contribution >= 0.6 is 11.6 Å². The molecule has 1 fully saturated rings. The number of hydrogen-bond acceptors (Lipinski definition) is 4. The Morgan fingerprint density at radius 1 is 1.38 bits per heavy atom. The molecule has 0 bridgehead atoms. The van der Waals surface area contributed by atoms with Gasteiger partial charge in [0, 0.05) is 13.1 Å². The monoisotopic (exact) mass is 312 g/mol. The predicted molar refractivity (Wildman–Crippen MR) is 78.8 cm³/mol. The SMILES string of the molecule is NC(=O)c1c(Cl)cccc1N1CCC(OCC(=O)O)CC1. The number of nitrogens with two attached hydrogens (primary N) is 1. The van der Waals surface area contributed by atoms with Gasteiger partial charge in [-0.3, -0.25) is 4.79 Å². The number of ether oxygens (including phenoxy) is 1. The summed E-state index contributed by atoms with van der Waals surface area (Å²) < 4.78 is 5.29. The molecule has 0 unspecified atom stereocenters. The average Bonchev–Trinajstić information content (AvgIpc) is 2.45. The molecular weight excluding hydrogens is 296 g/mol. The molecule has 0 aliphatic carbocycles. The molecule has 1 aromatic carbocycles. The first kappa shape index (κ1) is 15.6. The second-order valence-corrected chi connectivity index (χ2v) is 5.30. The predicted octanol–water partition coefficient (Wildman–Crippen LogP) is 1.51. The van der Waals surface area contributed by atoms with Crippen LogP contribution in [0.25, 0.3) is 0 Å². The van der Waals surface area contributed by atoms with E-state index in [-0.39, 0.29) is 12.7 Å². The van der Waals surface area contributed by atoms with E-state index in [0.29, 0.717) is 42.2 Å². The summed E-state index contributed by atoms with van der Waals surface area (Å²) in [7, 11) is 0. The number of carbonyl (C=O) groups is 2. The molecule has 1 amide bonds. The Morgan fingerprint density at radius 2 is 2.05 bits per heavy atom. The molecule has 0 atom stereocenters. The highest BCUT2D eigenvalue weighted by atomic mass is 35.5. The number of carboxylic acids is 1. The number of carboxylic acid groups (broad SMARTS) is 1. The zero-order chi connectivity index (χ0) is 15.4. The van der Waals surface area contributed by atoms with E-state index >= 15 is 0 Å². The molecule has 6 nitrogen and oxygen atoms in total. The topological polar surface area (TPSA) is 92.9 Å². The summed E-state index contributed by atoms with van der Waals surface area (Å²) in [4.78, 5) is 24.1. The van der Waals surface area contributed by atoms with Gasteiger partial charge in [0.2, 0.25) is 0 Å². The van der Waals surface area contributed by atoms with E-state index in [4.69, 9.17) is 27.2 Å². The molecule has 2 rings (SSSR count). The molecule has 7 heteroatoms. The van der Waals surface area contributed by atoms with E-state index in [9.17, 15) is 9.59 Å². The highest BCUT2D eigenvalue weighted by Gasteiger charge is 2.24. The maximum atomic E-state index is 11.5. The Morgan fingerprint density at radius 3 is 2.62 bits per heavy atom. The smallest absolute Gasteiger partial charge is 0.329 e. The Labute approximate surface area is 127 Å². The fraction of sp³-hybridized carbons (Fsp3) is 0.429. The van der Waals surface area contributed by atoms with E-state index in [1.165, 1.54) is 0 Å². The number of hydrogen-bond donors (Lipinski definition) is 2. The molecule has 114 valence electrons. The van der Waals surface area contributed by atoms with Crippen LogP contribution in [0.2, 0.25) is 5.02 Å². The number of rotatable bonds is 5. The van der Waals surface area contributed by atoms with Gasteiger partial charge in [-0.25, -0.2) is 4.79 Å². The van der Waals surface area contributed by atoms with Gasteiger partial charge in [0.15, 0.2) is 0 Å². The molecule has 1 aromatic rings. The van der Waals surface area contributed by atoms with Crippen LogP contribution in [0.3, 0.4) is 0 Å². The summed E-state index contributed by atoms with van der Waals surface area (Å²) in [6, 6.07) is 5.22. The summed E-state index contributed by atoms with van der Waals surface area (Å²) in [6.07, 6.45) is 1.31. The molecule has 3 N–H and O–H groups in total. The van der Waals surface area contributed by atoms with E-state index in [1.807, 2.05) is 11.0 Å². The van der Waals surface area contributed by atoms with Gasteiger partial charge in [0.25, 0.3) is 5.91 Å². The number of benzene rings is 1. The van der Waals surface area contributed by atoms with Gasteiger partial charge in [-0.1, -0.05) is 17.7 Å². The highest BCUT2D eigenvalue weighted by Crippen LogP contribution is 2.29. The molecule has 1 saturated heterocycles. The molecule has 1 aliphatic rings. The van der Waals surface area contributed by atoms with Crippen molar-refractivity contribution < 1.29 is 19.4 Å². The lowest BCUT2D eigenvalue weighted by atomic mass is 10.0. The lowest BCUT2D eigenvalue weighted by Gasteiger charge is -2.34. The van der Waals surface area contributed by atoms with Crippen molar-refractivity contribution in [2.24, 2.45) is 5.73 Å². The Kier molecular flexibility index (Phi) is 5.03. The summed E-state index contributed by atoms with van der Waals surface area (Å²) in [5, 5.41) is 8.94. The van der Waals surface area contributed by atoms with Crippen LogP contribution in [0, 0.1) is 0 Å². The van der Waals surface area contributed by atoms with Gasteiger partial charge in [-0.15, -0.1) is 0 Å². The number of nitrogens with zero attached hydrogens (tertiary/aromatic N) is 1. The zero-order valence-electron chi connectivity index (χ0n) is 11.4. The quantitative estimate of drug-likeness (QED) is 0.859.